The number of alkyl carbamates (subject to hydrolysis) is 1. The Hall–Kier alpha value is -2.94. The number of carbonyl (C=O) groups excluding carboxylic acids is 6. The summed E-state index contributed by atoms with van der Waals surface area (Å²) in [7, 11) is 0. The Bertz CT molecular complexity index is 1000. The highest BCUT2D eigenvalue weighted by Gasteiger charge is 2.31. The molecule has 15 heteroatoms. The number of cyclic esters (lactones) is 1. The summed E-state index contributed by atoms with van der Waals surface area (Å²) in [5.41, 5.74) is -0.640. The van der Waals surface area contributed by atoms with E-state index >= 15 is 0 Å². The van der Waals surface area contributed by atoms with Crippen LogP contribution < -0.4 is 26.6 Å². The van der Waals surface area contributed by atoms with Crippen LogP contribution >= 0.6 is 25.3 Å². The van der Waals surface area contributed by atoms with Gasteiger partial charge in [0, 0.05) is 12.3 Å². The minimum Gasteiger partial charge on any atom is -0.456 e. The van der Waals surface area contributed by atoms with E-state index in [4.69, 9.17) is 9.47 Å². The summed E-state index contributed by atoms with van der Waals surface area (Å²) in [6.45, 7) is 8.52. The molecule has 4 atom stereocenters. The topological polar surface area (TPSA) is 181 Å². The zero-order valence-corrected chi connectivity index (χ0v) is 27.4. The van der Waals surface area contributed by atoms with Crippen molar-refractivity contribution >= 4 is 60.9 Å². The normalized spacial score (nSPS) is 23.2. The van der Waals surface area contributed by atoms with Gasteiger partial charge < -0.3 is 36.1 Å². The van der Waals surface area contributed by atoms with Gasteiger partial charge in [-0.3, -0.25) is 24.0 Å². The molecule has 0 aromatic heterocycles. The van der Waals surface area contributed by atoms with Crippen LogP contribution in [0.3, 0.4) is 0 Å². The molecule has 0 bridgehead atoms. The lowest BCUT2D eigenvalue weighted by atomic mass is 10.0. The van der Waals surface area contributed by atoms with Crippen molar-refractivity contribution in [3.8, 4) is 0 Å². The largest absolute Gasteiger partial charge is 0.456 e. The van der Waals surface area contributed by atoms with Crippen molar-refractivity contribution in [2.24, 2.45) is 5.92 Å². The highest BCUT2D eigenvalue weighted by molar-refractivity contribution is 7.80. The first-order valence-electron chi connectivity index (χ1n) is 14.4. The maximum atomic E-state index is 13.3. The molecule has 0 unspecified atom stereocenters. The van der Waals surface area contributed by atoms with E-state index in [1.807, 2.05) is 0 Å². The van der Waals surface area contributed by atoms with Gasteiger partial charge in [-0.15, -0.1) is 0 Å². The Labute approximate surface area is 264 Å². The highest BCUT2D eigenvalue weighted by Crippen LogP contribution is 2.10. The smallest absolute Gasteiger partial charge is 0.407 e. The molecular formula is C28H47N5O8S2. The molecule has 43 heavy (non-hydrogen) atoms. The van der Waals surface area contributed by atoms with Gasteiger partial charge in [-0.05, 0) is 64.2 Å². The second-order valence-corrected chi connectivity index (χ2v) is 12.2. The first kappa shape index (κ1) is 38.1. The number of hydrogen-bond donors (Lipinski definition) is 7. The molecule has 5 N–H and O–H groups in total. The van der Waals surface area contributed by atoms with E-state index in [0.29, 0.717) is 25.0 Å². The van der Waals surface area contributed by atoms with E-state index in [-0.39, 0.29) is 31.1 Å². The van der Waals surface area contributed by atoms with Gasteiger partial charge in [0.2, 0.25) is 23.6 Å². The number of unbranched alkanes of at least 4 members (excludes halogenated alkanes) is 1. The van der Waals surface area contributed by atoms with Gasteiger partial charge in [-0.2, -0.15) is 25.3 Å². The van der Waals surface area contributed by atoms with Crippen molar-refractivity contribution < 1.29 is 38.2 Å². The van der Waals surface area contributed by atoms with Crippen molar-refractivity contribution in [1.29, 1.82) is 0 Å². The molecule has 13 nitrogen and oxygen atoms in total. The number of hydrogen-bond acceptors (Lipinski definition) is 10. The Morgan fingerprint density at radius 1 is 1.02 bits per heavy atom. The number of esters is 1. The third-order valence-electron chi connectivity index (χ3n) is 6.02. The Morgan fingerprint density at radius 3 is 2.30 bits per heavy atom. The number of rotatable bonds is 10. The van der Waals surface area contributed by atoms with Crippen LogP contribution in [0, 0.1) is 5.92 Å². The van der Waals surface area contributed by atoms with Crippen LogP contribution in [0.2, 0.25) is 0 Å². The third-order valence-corrected chi connectivity index (χ3v) is 6.65. The number of nitrogens with one attached hydrogen (secondary N) is 5. The van der Waals surface area contributed by atoms with Crippen LogP contribution in [0.25, 0.3) is 0 Å². The van der Waals surface area contributed by atoms with Crippen molar-refractivity contribution in [2.75, 3.05) is 24.6 Å². The van der Waals surface area contributed by atoms with Gasteiger partial charge in [0.1, 0.15) is 36.4 Å². The third kappa shape index (κ3) is 15.9. The second-order valence-electron chi connectivity index (χ2n) is 11.4. The molecule has 0 aromatic carbocycles. The second kappa shape index (κ2) is 19.4. The maximum absolute atomic E-state index is 13.3. The fourth-order valence-electron chi connectivity index (χ4n) is 3.89. The zero-order valence-electron chi connectivity index (χ0n) is 25.6. The minimum atomic E-state index is -1.10. The first-order chi connectivity index (χ1) is 20.2. The van der Waals surface area contributed by atoms with E-state index in [2.05, 4.69) is 51.8 Å². The number of amides is 5. The van der Waals surface area contributed by atoms with E-state index in [9.17, 15) is 28.8 Å². The minimum absolute atomic E-state index is 0.0746. The van der Waals surface area contributed by atoms with Gasteiger partial charge in [0.15, 0.2) is 0 Å². The maximum Gasteiger partial charge on any atom is 0.407 e. The summed E-state index contributed by atoms with van der Waals surface area (Å²) in [5.74, 6) is -3.09. The highest BCUT2D eigenvalue weighted by atomic mass is 32.1. The lowest BCUT2D eigenvalue weighted by Gasteiger charge is -2.27. The molecule has 1 fully saturated rings. The molecule has 1 saturated heterocycles. The molecule has 0 aromatic rings. The summed E-state index contributed by atoms with van der Waals surface area (Å²) in [5, 5.41) is 13.0. The molecule has 1 heterocycles. The predicted octanol–water partition coefficient (Wildman–Crippen LogP) is 1.03. The monoisotopic (exact) mass is 645 g/mol. The molecule has 0 saturated carbocycles. The summed E-state index contributed by atoms with van der Waals surface area (Å²) in [4.78, 5) is 76.6. The van der Waals surface area contributed by atoms with Gasteiger partial charge in [-0.25, -0.2) is 4.79 Å². The van der Waals surface area contributed by atoms with Gasteiger partial charge >= 0.3 is 12.1 Å². The SMILES string of the molecule is CC(C)[C@H]1NC(=O)[C@@H](CS)NC(=O)[C@@H](CCCCNC(=O)OC(C)(C)C)NC(=O)C[C@@H](C=CCCS)OC(=O)CNC1=O. The lowest BCUT2D eigenvalue weighted by Crippen LogP contribution is -2.58. The molecule has 5 amide bonds. The van der Waals surface area contributed by atoms with Crippen molar-refractivity contribution in [1.82, 2.24) is 26.6 Å². The van der Waals surface area contributed by atoms with E-state index in [0.717, 1.165) is 0 Å². The molecule has 1 aliphatic rings. The number of ether oxygens (including phenoxy) is 2. The van der Waals surface area contributed by atoms with Crippen LogP contribution in [-0.4, -0.2) is 90.1 Å². The summed E-state index contributed by atoms with van der Waals surface area (Å²) < 4.78 is 10.6. The summed E-state index contributed by atoms with van der Waals surface area (Å²) in [6.07, 6.45) is 3.15. The Balaban J connectivity index is 3.14. The number of allylic oxidation sites excluding steroid dienone is 1. The van der Waals surface area contributed by atoms with E-state index in [1.54, 1.807) is 46.8 Å². The van der Waals surface area contributed by atoms with Gasteiger partial charge in [-0.1, -0.05) is 19.9 Å². The van der Waals surface area contributed by atoms with Crippen LogP contribution in [0.15, 0.2) is 12.2 Å². The van der Waals surface area contributed by atoms with Crippen molar-refractivity contribution in [3.63, 3.8) is 0 Å². The van der Waals surface area contributed by atoms with Crippen molar-refractivity contribution in [3.05, 3.63) is 12.2 Å². The number of thiol groups is 2. The van der Waals surface area contributed by atoms with Crippen LogP contribution in [0.5, 0.6) is 0 Å². The van der Waals surface area contributed by atoms with Crippen LogP contribution in [0.4, 0.5) is 4.79 Å². The fraction of sp³-hybridized carbons (Fsp3) is 0.714. The molecule has 0 radical (unpaired) electrons. The summed E-state index contributed by atoms with van der Waals surface area (Å²) in [6, 6.07) is -3.14. The quantitative estimate of drug-likeness (QED) is 0.0796. The van der Waals surface area contributed by atoms with E-state index < -0.39 is 72.1 Å². The average molecular weight is 646 g/mol. The molecular weight excluding hydrogens is 598 g/mol. The average Bonchev–Trinajstić information content (AvgIpc) is 2.90. The molecule has 1 rings (SSSR count). The number of carbonyl (C=O) groups is 6. The molecule has 0 spiro atoms. The van der Waals surface area contributed by atoms with Crippen LogP contribution in [0.1, 0.15) is 66.7 Å². The van der Waals surface area contributed by atoms with Gasteiger partial charge in [0.25, 0.3) is 0 Å². The standard InChI is InChI=1S/C28H47N5O8S2/c1-17(2)23-26(38)30-15-22(35)40-18(10-7-9-13-42)14-21(34)31-19(24(36)32-20(16-43)25(37)33-23)11-6-8-12-29-27(39)41-28(3,4)5/h7,10,17-20,23,42-43H,6,8-9,11-16H2,1-5H3,(H,29,39)(H,30,38)(H,31,34)(H,32,36)(H,33,37)/t18-,19-,20-,23-/m1/s1. The van der Waals surface area contributed by atoms with E-state index in [1.165, 1.54) is 0 Å². The first-order valence-corrected chi connectivity index (χ1v) is 15.7. The zero-order chi connectivity index (χ0) is 32.6. The molecule has 1 aliphatic heterocycles. The predicted molar refractivity (Wildman–Crippen MR) is 168 cm³/mol. The van der Waals surface area contributed by atoms with Gasteiger partial charge in [0.05, 0.1) is 6.42 Å². The van der Waals surface area contributed by atoms with Crippen molar-refractivity contribution in [2.45, 2.75) is 96.6 Å². The fourth-order valence-corrected chi connectivity index (χ4v) is 4.30. The molecule has 244 valence electrons. The lowest BCUT2D eigenvalue weighted by molar-refractivity contribution is -0.148. The molecule has 0 aliphatic carbocycles. The van der Waals surface area contributed by atoms with Crippen LogP contribution in [-0.2, 0) is 33.4 Å². The Morgan fingerprint density at radius 2 is 1.70 bits per heavy atom. The Kier molecular flexibility index (Phi) is 17.1. The summed E-state index contributed by atoms with van der Waals surface area (Å²) >= 11 is 8.35.